The Morgan fingerprint density at radius 2 is 2.44 bits per heavy atom. The fraction of sp³-hybridized carbons (Fsp3) is 0.750. The Morgan fingerprint density at radius 1 is 1.67 bits per heavy atom. The monoisotopic (exact) mass is 126 g/mol. The molecule has 1 nitrogen and oxygen atoms in total. The number of allylic oxidation sites excluding steroid dienone is 1. The molecule has 1 aliphatic carbocycles. The molecule has 0 bridgehead atoms. The molecule has 0 unspecified atom stereocenters. The van der Waals surface area contributed by atoms with Crippen molar-refractivity contribution in [2.24, 2.45) is 0 Å². The number of ether oxygens (including phenoxy) is 1. The highest BCUT2D eigenvalue weighted by Gasteiger charge is 2.05. The molecule has 0 aromatic rings. The SMILES string of the molecule is CCCCOCC1=CC1. The van der Waals surface area contributed by atoms with Crippen LogP contribution in [0.5, 0.6) is 0 Å². The zero-order valence-corrected chi connectivity index (χ0v) is 6.02. The van der Waals surface area contributed by atoms with Gasteiger partial charge in [-0.2, -0.15) is 0 Å². The molecule has 0 saturated carbocycles. The van der Waals surface area contributed by atoms with E-state index in [1.54, 1.807) is 0 Å². The van der Waals surface area contributed by atoms with Gasteiger partial charge in [-0.05, 0) is 18.4 Å². The highest BCUT2D eigenvalue weighted by atomic mass is 16.5. The van der Waals surface area contributed by atoms with Crippen molar-refractivity contribution in [1.82, 2.24) is 0 Å². The Bertz CT molecular complexity index is 105. The average molecular weight is 126 g/mol. The quantitative estimate of drug-likeness (QED) is 0.405. The van der Waals surface area contributed by atoms with Gasteiger partial charge in [-0.25, -0.2) is 0 Å². The van der Waals surface area contributed by atoms with Gasteiger partial charge in [0, 0.05) is 6.61 Å². The van der Waals surface area contributed by atoms with Crippen molar-refractivity contribution in [1.29, 1.82) is 0 Å². The molecule has 9 heavy (non-hydrogen) atoms. The second kappa shape index (κ2) is 3.67. The van der Waals surface area contributed by atoms with E-state index >= 15 is 0 Å². The minimum Gasteiger partial charge on any atom is -0.377 e. The molecule has 0 radical (unpaired) electrons. The van der Waals surface area contributed by atoms with Crippen molar-refractivity contribution in [2.45, 2.75) is 26.2 Å². The molecule has 1 aliphatic rings. The first-order valence-corrected chi connectivity index (χ1v) is 3.69. The maximum absolute atomic E-state index is 5.33. The van der Waals surface area contributed by atoms with Crippen molar-refractivity contribution >= 4 is 0 Å². The van der Waals surface area contributed by atoms with Gasteiger partial charge in [0.1, 0.15) is 0 Å². The molecule has 0 aromatic heterocycles. The molecular formula is C8H14O. The molecule has 0 spiro atoms. The highest BCUT2D eigenvalue weighted by Crippen LogP contribution is 2.17. The summed E-state index contributed by atoms with van der Waals surface area (Å²) in [6.07, 6.45) is 5.85. The Balaban J connectivity index is 1.76. The zero-order chi connectivity index (χ0) is 6.53. The minimum absolute atomic E-state index is 0.889. The van der Waals surface area contributed by atoms with Crippen LogP contribution in [0.1, 0.15) is 26.2 Å². The fourth-order valence-corrected chi connectivity index (χ4v) is 0.640. The van der Waals surface area contributed by atoms with Gasteiger partial charge in [0.2, 0.25) is 0 Å². The Kier molecular flexibility index (Phi) is 2.78. The molecular weight excluding hydrogens is 112 g/mol. The summed E-state index contributed by atoms with van der Waals surface area (Å²) in [7, 11) is 0. The highest BCUT2D eigenvalue weighted by molar-refractivity contribution is 5.21. The number of hydrogen-bond acceptors (Lipinski definition) is 1. The van der Waals surface area contributed by atoms with Crippen LogP contribution in [0, 0.1) is 0 Å². The molecule has 0 fully saturated rings. The zero-order valence-electron chi connectivity index (χ0n) is 6.02. The van der Waals surface area contributed by atoms with Crippen LogP contribution in [-0.2, 0) is 4.74 Å². The van der Waals surface area contributed by atoms with Gasteiger partial charge in [-0.1, -0.05) is 19.4 Å². The third kappa shape index (κ3) is 3.31. The lowest BCUT2D eigenvalue weighted by Crippen LogP contribution is -1.93. The van der Waals surface area contributed by atoms with Gasteiger partial charge < -0.3 is 4.74 Å². The molecule has 1 heteroatoms. The van der Waals surface area contributed by atoms with E-state index in [2.05, 4.69) is 13.0 Å². The number of unbranched alkanes of at least 4 members (excludes halogenated alkanes) is 1. The first-order valence-electron chi connectivity index (χ1n) is 3.69. The lowest BCUT2D eigenvalue weighted by molar-refractivity contribution is 0.155. The third-order valence-corrected chi connectivity index (χ3v) is 1.42. The van der Waals surface area contributed by atoms with Gasteiger partial charge >= 0.3 is 0 Å². The standard InChI is InChI=1S/C8H14O/c1-2-3-6-9-7-8-4-5-8/h4H,2-3,5-7H2,1H3. The second-order valence-electron chi connectivity index (χ2n) is 2.47. The summed E-state index contributed by atoms with van der Waals surface area (Å²) in [6, 6.07) is 0. The second-order valence-corrected chi connectivity index (χ2v) is 2.47. The van der Waals surface area contributed by atoms with Crippen LogP contribution in [0.2, 0.25) is 0 Å². The largest absolute Gasteiger partial charge is 0.377 e. The van der Waals surface area contributed by atoms with Crippen molar-refractivity contribution < 1.29 is 4.74 Å². The molecule has 0 saturated heterocycles. The van der Waals surface area contributed by atoms with E-state index in [1.807, 2.05) is 0 Å². The Labute approximate surface area is 56.7 Å². The Morgan fingerprint density at radius 3 is 3.00 bits per heavy atom. The maximum Gasteiger partial charge on any atom is 0.0679 e. The van der Waals surface area contributed by atoms with Crippen LogP contribution in [0.25, 0.3) is 0 Å². The van der Waals surface area contributed by atoms with Gasteiger partial charge in [0.15, 0.2) is 0 Å². The molecule has 0 aromatic carbocycles. The summed E-state index contributed by atoms with van der Waals surface area (Å²) >= 11 is 0. The molecule has 0 amide bonds. The summed E-state index contributed by atoms with van der Waals surface area (Å²) in [6.45, 7) is 4.01. The van der Waals surface area contributed by atoms with Crippen molar-refractivity contribution in [3.63, 3.8) is 0 Å². The van der Waals surface area contributed by atoms with Crippen LogP contribution in [0.15, 0.2) is 11.6 Å². The fourth-order valence-electron chi connectivity index (χ4n) is 0.640. The van der Waals surface area contributed by atoms with Crippen molar-refractivity contribution in [3.8, 4) is 0 Å². The molecule has 0 heterocycles. The summed E-state index contributed by atoms with van der Waals surface area (Å²) in [5.41, 5.74) is 1.48. The third-order valence-electron chi connectivity index (χ3n) is 1.42. The van der Waals surface area contributed by atoms with Crippen LogP contribution >= 0.6 is 0 Å². The van der Waals surface area contributed by atoms with Crippen molar-refractivity contribution in [2.75, 3.05) is 13.2 Å². The van der Waals surface area contributed by atoms with Crippen molar-refractivity contribution in [3.05, 3.63) is 11.6 Å². The summed E-state index contributed by atoms with van der Waals surface area (Å²) in [5.74, 6) is 0. The number of rotatable bonds is 5. The van der Waals surface area contributed by atoms with E-state index in [4.69, 9.17) is 4.74 Å². The van der Waals surface area contributed by atoms with E-state index in [0.717, 1.165) is 13.2 Å². The van der Waals surface area contributed by atoms with Crippen LogP contribution in [0.3, 0.4) is 0 Å². The number of hydrogen-bond donors (Lipinski definition) is 0. The first kappa shape index (κ1) is 6.81. The molecule has 52 valence electrons. The summed E-state index contributed by atoms with van der Waals surface area (Å²) < 4.78 is 5.33. The van der Waals surface area contributed by atoms with Gasteiger partial charge in [0.25, 0.3) is 0 Å². The lowest BCUT2D eigenvalue weighted by Gasteiger charge is -1.97. The molecule has 0 aliphatic heterocycles. The van der Waals surface area contributed by atoms with Crippen LogP contribution in [0.4, 0.5) is 0 Å². The van der Waals surface area contributed by atoms with E-state index in [1.165, 1.54) is 24.8 Å². The molecule has 1 rings (SSSR count). The summed E-state index contributed by atoms with van der Waals surface area (Å²) in [4.78, 5) is 0. The normalized spacial score (nSPS) is 15.4. The lowest BCUT2D eigenvalue weighted by atomic mass is 10.4. The van der Waals surface area contributed by atoms with E-state index < -0.39 is 0 Å². The first-order chi connectivity index (χ1) is 4.43. The molecule has 0 atom stereocenters. The van der Waals surface area contributed by atoms with Gasteiger partial charge in [-0.15, -0.1) is 0 Å². The van der Waals surface area contributed by atoms with Crippen LogP contribution in [-0.4, -0.2) is 13.2 Å². The topological polar surface area (TPSA) is 9.23 Å². The van der Waals surface area contributed by atoms with E-state index in [0.29, 0.717) is 0 Å². The predicted molar refractivity (Wildman–Crippen MR) is 38.4 cm³/mol. The van der Waals surface area contributed by atoms with Gasteiger partial charge in [-0.3, -0.25) is 0 Å². The predicted octanol–water partition coefficient (Wildman–Crippen LogP) is 2.13. The minimum atomic E-state index is 0.889. The average Bonchev–Trinajstić information content (AvgIpc) is 2.63. The maximum atomic E-state index is 5.33. The van der Waals surface area contributed by atoms with Gasteiger partial charge in [0.05, 0.1) is 6.61 Å². The van der Waals surface area contributed by atoms with Crippen LogP contribution < -0.4 is 0 Å². The Hall–Kier alpha value is -0.300. The smallest absolute Gasteiger partial charge is 0.0679 e. The summed E-state index contributed by atoms with van der Waals surface area (Å²) in [5, 5.41) is 0. The van der Waals surface area contributed by atoms with E-state index in [9.17, 15) is 0 Å². The molecule has 0 N–H and O–H groups in total. The van der Waals surface area contributed by atoms with E-state index in [-0.39, 0.29) is 0 Å².